The van der Waals surface area contributed by atoms with Crippen LogP contribution in [0, 0.1) is 5.82 Å². The molecule has 0 bridgehead atoms. The molecule has 0 spiro atoms. The molecule has 0 atom stereocenters. The second kappa shape index (κ2) is 7.15. The fourth-order valence-electron chi connectivity index (χ4n) is 2.64. The van der Waals surface area contributed by atoms with Crippen molar-refractivity contribution < 1.29 is 21.2 Å². The van der Waals surface area contributed by atoms with E-state index < -0.39 is 25.9 Å². The Balaban J connectivity index is 1.83. The summed E-state index contributed by atoms with van der Waals surface area (Å²) in [6.07, 6.45) is 1.63. The molecule has 6 nitrogen and oxygen atoms in total. The van der Waals surface area contributed by atoms with Crippen molar-refractivity contribution in [2.75, 3.05) is 17.8 Å². The van der Waals surface area contributed by atoms with Gasteiger partial charge in [0.15, 0.2) is 0 Å². The lowest BCUT2D eigenvalue weighted by Gasteiger charge is -2.15. The van der Waals surface area contributed by atoms with Crippen molar-refractivity contribution in [3.8, 4) is 0 Å². The van der Waals surface area contributed by atoms with Crippen LogP contribution in [0.25, 0.3) is 0 Å². The number of nitrogens with zero attached hydrogens (tertiary/aromatic N) is 1. The summed E-state index contributed by atoms with van der Waals surface area (Å²) in [5, 5.41) is -0.211. The highest BCUT2D eigenvalue weighted by atomic mass is 35.5. The number of benzene rings is 2. The quantitative estimate of drug-likeness (QED) is 0.808. The summed E-state index contributed by atoms with van der Waals surface area (Å²) in [5.41, 5.74) is 0.102. The third kappa shape index (κ3) is 3.85. The van der Waals surface area contributed by atoms with Crippen LogP contribution in [0.3, 0.4) is 0 Å². The summed E-state index contributed by atoms with van der Waals surface area (Å²) in [5.74, 6) is -0.661. The Hall–Kier alpha value is -1.68. The van der Waals surface area contributed by atoms with Crippen molar-refractivity contribution in [2.45, 2.75) is 22.6 Å². The summed E-state index contributed by atoms with van der Waals surface area (Å²) in [7, 11) is -7.57. The number of rotatable bonds is 5. The minimum Gasteiger partial charge on any atom is -0.280 e. The molecule has 3 rings (SSSR count). The molecule has 10 heteroatoms. The first-order chi connectivity index (χ1) is 12.2. The van der Waals surface area contributed by atoms with E-state index in [4.69, 9.17) is 11.6 Å². The molecule has 26 heavy (non-hydrogen) atoms. The predicted octanol–water partition coefficient (Wildman–Crippen LogP) is 3.06. The molecule has 0 radical (unpaired) electrons. The minimum atomic E-state index is -3.96. The second-order valence-corrected chi connectivity index (χ2v) is 9.84. The predicted molar refractivity (Wildman–Crippen MR) is 96.7 cm³/mol. The summed E-state index contributed by atoms with van der Waals surface area (Å²) < 4.78 is 66.6. The van der Waals surface area contributed by atoms with Gasteiger partial charge >= 0.3 is 0 Å². The minimum absolute atomic E-state index is 0.0446. The molecule has 140 valence electrons. The van der Waals surface area contributed by atoms with Gasteiger partial charge in [-0.15, -0.1) is 0 Å². The van der Waals surface area contributed by atoms with Gasteiger partial charge in [0, 0.05) is 13.1 Å². The molecule has 0 aromatic heterocycles. The van der Waals surface area contributed by atoms with E-state index in [0.717, 1.165) is 25.0 Å². The molecule has 2 aromatic carbocycles. The Morgan fingerprint density at radius 3 is 2.08 bits per heavy atom. The zero-order chi connectivity index (χ0) is 18.9. The maximum atomic E-state index is 13.2. The zero-order valence-electron chi connectivity index (χ0n) is 13.5. The van der Waals surface area contributed by atoms with E-state index in [0.29, 0.717) is 13.1 Å². The van der Waals surface area contributed by atoms with Gasteiger partial charge in [-0.1, -0.05) is 11.6 Å². The van der Waals surface area contributed by atoms with E-state index in [9.17, 15) is 21.2 Å². The lowest BCUT2D eigenvalue weighted by Crippen LogP contribution is -2.27. The van der Waals surface area contributed by atoms with Gasteiger partial charge in [0.05, 0.1) is 20.5 Å². The third-order valence-electron chi connectivity index (χ3n) is 4.01. The molecule has 2 aromatic rings. The topological polar surface area (TPSA) is 83.5 Å². The Bertz CT molecular complexity index is 1020. The molecule has 0 saturated carbocycles. The second-order valence-electron chi connectivity index (χ2n) is 5.82. The highest BCUT2D eigenvalue weighted by molar-refractivity contribution is 7.92. The largest absolute Gasteiger partial charge is 0.280 e. The fraction of sp³-hybridized carbons (Fsp3) is 0.250. The molecule has 0 unspecified atom stereocenters. The summed E-state index contributed by atoms with van der Waals surface area (Å²) >= 11 is 5.64. The molecular weight excluding hydrogens is 403 g/mol. The maximum absolute atomic E-state index is 13.2. The molecule has 1 fully saturated rings. The van der Waals surface area contributed by atoms with Gasteiger partial charge in [0.25, 0.3) is 10.0 Å². The van der Waals surface area contributed by atoms with Crippen LogP contribution in [0.1, 0.15) is 12.8 Å². The van der Waals surface area contributed by atoms with Crippen molar-refractivity contribution in [1.82, 2.24) is 4.31 Å². The molecule has 1 N–H and O–H groups in total. The summed E-state index contributed by atoms with van der Waals surface area (Å²) in [4.78, 5) is -0.0681. The van der Waals surface area contributed by atoms with Gasteiger partial charge in [0.2, 0.25) is 10.0 Å². The van der Waals surface area contributed by atoms with Crippen LogP contribution in [0.4, 0.5) is 10.1 Å². The molecule has 0 amide bonds. The highest BCUT2D eigenvalue weighted by Gasteiger charge is 2.27. The van der Waals surface area contributed by atoms with Crippen molar-refractivity contribution >= 4 is 37.3 Å². The van der Waals surface area contributed by atoms with E-state index >= 15 is 0 Å². The van der Waals surface area contributed by atoms with Gasteiger partial charge in [-0.05, 0) is 55.3 Å². The number of halogens is 2. The Kier molecular flexibility index (Phi) is 5.25. The summed E-state index contributed by atoms with van der Waals surface area (Å²) in [6, 6.07) is 8.41. The fourth-order valence-corrected chi connectivity index (χ4v) is 5.39. The monoisotopic (exact) mass is 418 g/mol. The average Bonchev–Trinajstić information content (AvgIpc) is 3.13. The highest BCUT2D eigenvalue weighted by Crippen LogP contribution is 2.24. The van der Waals surface area contributed by atoms with Crippen molar-refractivity contribution in [1.29, 1.82) is 0 Å². The number of nitrogens with one attached hydrogen (secondary N) is 1. The average molecular weight is 419 g/mol. The van der Waals surface area contributed by atoms with E-state index in [-0.39, 0.29) is 20.5 Å². The molecule has 1 heterocycles. The Labute approximate surface area is 156 Å². The zero-order valence-corrected chi connectivity index (χ0v) is 15.9. The summed E-state index contributed by atoms with van der Waals surface area (Å²) in [6.45, 7) is 0.935. The molecule has 1 saturated heterocycles. The van der Waals surface area contributed by atoms with Crippen molar-refractivity contribution in [2.24, 2.45) is 0 Å². The van der Waals surface area contributed by atoms with Gasteiger partial charge in [-0.25, -0.2) is 21.2 Å². The SMILES string of the molecule is O=S(=O)(Nc1ccc(F)c(Cl)c1)c1ccc(S(=O)(=O)N2CCCC2)cc1. The van der Waals surface area contributed by atoms with Crippen LogP contribution < -0.4 is 4.72 Å². The first-order valence-corrected chi connectivity index (χ1v) is 11.1. The Morgan fingerprint density at radius 2 is 1.50 bits per heavy atom. The van der Waals surface area contributed by atoms with E-state index in [2.05, 4.69) is 4.72 Å². The first-order valence-electron chi connectivity index (χ1n) is 7.78. The van der Waals surface area contributed by atoms with Crippen LogP contribution >= 0.6 is 11.6 Å². The number of anilines is 1. The first kappa shape index (κ1) is 19.1. The maximum Gasteiger partial charge on any atom is 0.261 e. The number of hydrogen-bond donors (Lipinski definition) is 1. The van der Waals surface area contributed by atoms with Gasteiger partial charge < -0.3 is 0 Å². The van der Waals surface area contributed by atoms with Crippen LogP contribution in [0.15, 0.2) is 52.3 Å². The standard InChI is InChI=1S/C16H16ClFN2O4S2/c17-15-11-12(3-8-16(15)18)19-25(21,22)13-4-6-14(7-5-13)26(23,24)20-9-1-2-10-20/h3-8,11,19H,1-2,9-10H2. The number of hydrogen-bond acceptors (Lipinski definition) is 4. The van der Waals surface area contributed by atoms with Crippen molar-refractivity contribution in [3.63, 3.8) is 0 Å². The van der Waals surface area contributed by atoms with Crippen LogP contribution in [0.5, 0.6) is 0 Å². The number of sulfonamides is 2. The van der Waals surface area contributed by atoms with Gasteiger partial charge in [0.1, 0.15) is 5.82 Å². The van der Waals surface area contributed by atoms with Crippen LogP contribution in [-0.4, -0.2) is 34.2 Å². The Morgan fingerprint density at radius 1 is 0.923 bits per heavy atom. The molecule has 1 aliphatic rings. The molecule has 0 aliphatic carbocycles. The van der Waals surface area contributed by atoms with Crippen LogP contribution in [0.2, 0.25) is 5.02 Å². The lowest BCUT2D eigenvalue weighted by molar-refractivity contribution is 0.477. The van der Waals surface area contributed by atoms with E-state index in [1.165, 1.54) is 34.6 Å². The lowest BCUT2D eigenvalue weighted by atomic mass is 10.3. The van der Waals surface area contributed by atoms with Gasteiger partial charge in [-0.2, -0.15) is 4.31 Å². The van der Waals surface area contributed by atoms with Crippen LogP contribution in [-0.2, 0) is 20.0 Å². The molecule has 1 aliphatic heterocycles. The van der Waals surface area contributed by atoms with E-state index in [1.54, 1.807) is 0 Å². The molecular formula is C16H16ClFN2O4S2. The smallest absolute Gasteiger partial charge is 0.261 e. The van der Waals surface area contributed by atoms with E-state index in [1.807, 2.05) is 0 Å². The van der Waals surface area contributed by atoms with Gasteiger partial charge in [-0.3, -0.25) is 4.72 Å². The van der Waals surface area contributed by atoms with Crippen molar-refractivity contribution in [3.05, 3.63) is 53.3 Å². The normalized spacial score (nSPS) is 15.9. The third-order valence-corrected chi connectivity index (χ3v) is 7.61.